The summed E-state index contributed by atoms with van der Waals surface area (Å²) < 4.78 is 38.2. The molecule has 3 aromatic carbocycles. The van der Waals surface area contributed by atoms with Gasteiger partial charge in [0.05, 0.1) is 18.2 Å². The van der Waals surface area contributed by atoms with Crippen LogP contribution in [0.5, 0.6) is 0 Å². The van der Waals surface area contributed by atoms with Crippen LogP contribution in [0.15, 0.2) is 74.0 Å². The summed E-state index contributed by atoms with van der Waals surface area (Å²) in [6.45, 7) is 9.84. The highest BCUT2D eigenvalue weighted by Crippen LogP contribution is 2.18. The fraction of sp³-hybridized carbons (Fsp3) is 0.125. The van der Waals surface area contributed by atoms with Crippen LogP contribution in [0, 0.1) is 49.2 Å². The Labute approximate surface area is 220 Å². The Morgan fingerprint density at radius 1 is 0.842 bits per heavy atom. The molecule has 0 atom stereocenters. The molecule has 6 heteroatoms. The van der Waals surface area contributed by atoms with Gasteiger partial charge in [0, 0.05) is 28.3 Å². The molecule has 3 rings (SSSR count). The fourth-order valence-electron chi connectivity index (χ4n) is 3.53. The molecule has 0 radical (unpaired) electrons. The number of carbonyl (C=O) groups excluding carboxylic acids is 2. The minimum absolute atomic E-state index is 0.148. The van der Waals surface area contributed by atoms with Crippen LogP contribution in [-0.2, 0) is 32.1 Å². The molecular formula is C32H24F2O4. The summed E-state index contributed by atoms with van der Waals surface area (Å²) in [6.07, 6.45) is 2.17. The molecule has 0 amide bonds. The van der Waals surface area contributed by atoms with Crippen molar-refractivity contribution in [2.24, 2.45) is 0 Å². The lowest BCUT2D eigenvalue weighted by atomic mass is 9.99. The summed E-state index contributed by atoms with van der Waals surface area (Å²) in [7, 11) is 0. The van der Waals surface area contributed by atoms with Crippen LogP contribution in [0.3, 0.4) is 0 Å². The molecule has 0 unspecified atom stereocenters. The van der Waals surface area contributed by atoms with Crippen molar-refractivity contribution in [1.29, 1.82) is 0 Å². The van der Waals surface area contributed by atoms with E-state index in [4.69, 9.17) is 9.47 Å². The van der Waals surface area contributed by atoms with Gasteiger partial charge in [0.15, 0.2) is 0 Å². The number of rotatable bonds is 6. The summed E-state index contributed by atoms with van der Waals surface area (Å²) >= 11 is 0. The highest BCUT2D eigenvalue weighted by Gasteiger charge is 2.12. The van der Waals surface area contributed by atoms with E-state index in [0.29, 0.717) is 0 Å². The van der Waals surface area contributed by atoms with Gasteiger partial charge >= 0.3 is 11.9 Å². The molecule has 0 spiro atoms. The summed E-state index contributed by atoms with van der Waals surface area (Å²) in [5, 5.41) is 0. The van der Waals surface area contributed by atoms with Crippen molar-refractivity contribution in [3.8, 4) is 23.7 Å². The minimum Gasteiger partial charge on any atom is -0.457 e. The molecular weight excluding hydrogens is 486 g/mol. The number of ether oxygens (including phenoxy) is 2. The Morgan fingerprint density at radius 2 is 1.39 bits per heavy atom. The average Bonchev–Trinajstić information content (AvgIpc) is 2.87. The second-order valence-electron chi connectivity index (χ2n) is 8.25. The van der Waals surface area contributed by atoms with E-state index < -0.39 is 24.2 Å². The predicted molar refractivity (Wildman–Crippen MR) is 141 cm³/mol. The molecule has 3 aromatic rings. The molecule has 0 N–H and O–H groups in total. The number of esters is 2. The van der Waals surface area contributed by atoms with Gasteiger partial charge in [-0.15, -0.1) is 0 Å². The molecule has 0 aliphatic heterocycles. The van der Waals surface area contributed by atoms with Crippen molar-refractivity contribution in [1.82, 2.24) is 0 Å². The third kappa shape index (κ3) is 7.53. The molecule has 4 nitrogen and oxygen atoms in total. The van der Waals surface area contributed by atoms with Gasteiger partial charge < -0.3 is 9.47 Å². The number of hydrogen-bond donors (Lipinski definition) is 0. The zero-order valence-corrected chi connectivity index (χ0v) is 21.0. The van der Waals surface area contributed by atoms with E-state index in [-0.39, 0.29) is 23.5 Å². The summed E-state index contributed by atoms with van der Waals surface area (Å²) in [4.78, 5) is 22.7. The third-order valence-electron chi connectivity index (χ3n) is 5.40. The zero-order chi connectivity index (χ0) is 27.7. The molecule has 0 saturated carbocycles. The van der Waals surface area contributed by atoms with E-state index in [1.807, 2.05) is 50.2 Å². The van der Waals surface area contributed by atoms with Crippen molar-refractivity contribution in [3.05, 3.63) is 130 Å². The highest BCUT2D eigenvalue weighted by atomic mass is 19.1. The molecule has 0 aliphatic rings. The first-order valence-corrected chi connectivity index (χ1v) is 11.5. The van der Waals surface area contributed by atoms with Crippen LogP contribution in [0.4, 0.5) is 8.78 Å². The van der Waals surface area contributed by atoms with Crippen LogP contribution in [0.1, 0.15) is 44.5 Å². The smallest absolute Gasteiger partial charge is 0.330 e. The maximum Gasteiger partial charge on any atom is 0.330 e. The first-order chi connectivity index (χ1) is 18.2. The summed E-state index contributed by atoms with van der Waals surface area (Å²) in [5.41, 5.74) is 4.65. The largest absolute Gasteiger partial charge is 0.457 e. The molecule has 0 heterocycles. The van der Waals surface area contributed by atoms with Gasteiger partial charge in [0.1, 0.15) is 18.2 Å². The lowest BCUT2D eigenvalue weighted by Gasteiger charge is -2.06. The fourth-order valence-corrected chi connectivity index (χ4v) is 3.53. The normalized spacial score (nSPS) is 9.79. The van der Waals surface area contributed by atoms with Gasteiger partial charge in [-0.3, -0.25) is 4.79 Å². The molecule has 0 fully saturated rings. The maximum absolute atomic E-state index is 14.4. The van der Waals surface area contributed by atoms with Crippen LogP contribution in [-0.4, -0.2) is 11.9 Å². The Hall–Kier alpha value is -4.94. The molecule has 0 bridgehead atoms. The van der Waals surface area contributed by atoms with E-state index in [1.165, 1.54) is 0 Å². The molecule has 0 aromatic heterocycles. The van der Waals surface area contributed by atoms with Crippen molar-refractivity contribution in [2.45, 2.75) is 26.9 Å². The van der Waals surface area contributed by atoms with E-state index in [1.54, 1.807) is 0 Å². The van der Waals surface area contributed by atoms with Gasteiger partial charge in [0.25, 0.3) is 0 Å². The van der Waals surface area contributed by atoms with Gasteiger partial charge in [-0.25, -0.2) is 13.6 Å². The lowest BCUT2D eigenvalue weighted by Crippen LogP contribution is -2.05. The van der Waals surface area contributed by atoms with Crippen LogP contribution < -0.4 is 0 Å². The van der Waals surface area contributed by atoms with E-state index in [0.717, 1.165) is 57.9 Å². The number of halogens is 2. The first kappa shape index (κ1) is 27.6. The van der Waals surface area contributed by atoms with Gasteiger partial charge in [-0.05, 0) is 66.9 Å². The van der Waals surface area contributed by atoms with Crippen LogP contribution in [0.2, 0.25) is 0 Å². The van der Waals surface area contributed by atoms with Crippen molar-refractivity contribution < 1.29 is 27.8 Å². The Kier molecular flexibility index (Phi) is 9.35. The standard InChI is InChI=1S/C32H24F2O4/c1-5-31(35)38-20-28-29(33)17-26(18-30(28)34)13-14-27-21(3)15-25(16-22(27)4)12-9-23-7-10-24(11-8-23)19-32(36)37-6-2/h5-8,10-11,15-18H,1-2,19-20H2,3-4H3. The second-order valence-corrected chi connectivity index (χ2v) is 8.25. The minimum atomic E-state index is -0.852. The second kappa shape index (κ2) is 12.9. The SMILES string of the molecule is C=COC(=O)Cc1ccc(C#Cc2cc(C)c(C#Cc3cc(F)c(COC(=O)C=C)c(F)c3)c(C)c2)cc1. The van der Waals surface area contributed by atoms with Crippen molar-refractivity contribution in [3.63, 3.8) is 0 Å². The quantitative estimate of drug-likeness (QED) is 0.181. The summed E-state index contributed by atoms with van der Waals surface area (Å²) in [5.74, 6) is 9.16. The molecule has 38 heavy (non-hydrogen) atoms. The maximum atomic E-state index is 14.4. The van der Waals surface area contributed by atoms with Crippen LogP contribution >= 0.6 is 0 Å². The van der Waals surface area contributed by atoms with Gasteiger partial charge in [0.2, 0.25) is 0 Å². The average molecular weight is 511 g/mol. The van der Waals surface area contributed by atoms with E-state index in [2.05, 4.69) is 36.8 Å². The van der Waals surface area contributed by atoms with Crippen LogP contribution in [0.25, 0.3) is 0 Å². The molecule has 190 valence electrons. The number of aryl methyl sites for hydroxylation is 2. The van der Waals surface area contributed by atoms with Crippen molar-refractivity contribution >= 4 is 11.9 Å². The number of benzene rings is 3. The topological polar surface area (TPSA) is 52.6 Å². The number of carbonyl (C=O) groups is 2. The van der Waals surface area contributed by atoms with E-state index >= 15 is 0 Å². The predicted octanol–water partition coefficient (Wildman–Crippen LogP) is 5.84. The Morgan fingerprint density at radius 3 is 1.97 bits per heavy atom. The Balaban J connectivity index is 1.76. The molecule has 0 saturated heterocycles. The first-order valence-electron chi connectivity index (χ1n) is 11.5. The molecule has 0 aliphatic carbocycles. The monoisotopic (exact) mass is 510 g/mol. The third-order valence-corrected chi connectivity index (χ3v) is 5.40. The zero-order valence-electron chi connectivity index (χ0n) is 21.0. The number of hydrogen-bond acceptors (Lipinski definition) is 4. The highest BCUT2D eigenvalue weighted by molar-refractivity contribution is 5.81. The summed E-state index contributed by atoms with van der Waals surface area (Å²) in [6, 6.07) is 13.3. The van der Waals surface area contributed by atoms with Gasteiger partial charge in [-0.2, -0.15) is 0 Å². The van der Waals surface area contributed by atoms with Crippen molar-refractivity contribution in [2.75, 3.05) is 0 Å². The lowest BCUT2D eigenvalue weighted by molar-refractivity contribution is -0.139. The van der Waals surface area contributed by atoms with E-state index in [9.17, 15) is 18.4 Å². The van der Waals surface area contributed by atoms with Gasteiger partial charge in [-0.1, -0.05) is 49.0 Å². The Bertz CT molecular complexity index is 1480.